The van der Waals surface area contributed by atoms with Gasteiger partial charge in [-0.15, -0.1) is 11.3 Å². The third kappa shape index (κ3) is 2.28. The fourth-order valence-electron chi connectivity index (χ4n) is 1.86. The smallest absolute Gasteiger partial charge is 0.265 e. The minimum Gasteiger partial charge on any atom is -0.391 e. The molecule has 0 spiro atoms. The molecule has 1 aromatic carbocycles. The highest BCUT2D eigenvalue weighted by molar-refractivity contribution is 7.17. The number of nitrogens with zero attached hydrogens (tertiary/aromatic N) is 1. The largest absolute Gasteiger partial charge is 0.391 e. The number of pyridine rings is 1. The van der Waals surface area contributed by atoms with E-state index < -0.39 is 0 Å². The number of amides is 1. The van der Waals surface area contributed by atoms with E-state index in [-0.39, 0.29) is 5.91 Å². The normalized spacial score (nSPS) is 10.5. The highest BCUT2D eigenvalue weighted by atomic mass is 32.1. The van der Waals surface area contributed by atoms with Gasteiger partial charge in [0.05, 0.1) is 21.1 Å². The molecule has 1 amide bonds. The molecule has 2 heterocycles. The van der Waals surface area contributed by atoms with Gasteiger partial charge in [-0.2, -0.15) is 0 Å². The van der Waals surface area contributed by atoms with Gasteiger partial charge >= 0.3 is 0 Å². The molecule has 0 unspecified atom stereocenters. The zero-order chi connectivity index (χ0) is 13.2. The monoisotopic (exact) mass is 269 g/mol. The van der Waals surface area contributed by atoms with Crippen molar-refractivity contribution in [2.45, 2.75) is 0 Å². The van der Waals surface area contributed by atoms with Crippen molar-refractivity contribution in [2.24, 2.45) is 0 Å². The maximum absolute atomic E-state index is 12.1. The number of fused-ring (bicyclic) bond motifs is 1. The molecule has 0 saturated heterocycles. The van der Waals surface area contributed by atoms with Crippen LogP contribution in [0.5, 0.6) is 0 Å². The zero-order valence-electron chi connectivity index (χ0n) is 9.96. The van der Waals surface area contributed by atoms with E-state index >= 15 is 0 Å². The Labute approximate surface area is 113 Å². The average molecular weight is 269 g/mol. The van der Waals surface area contributed by atoms with Crippen molar-refractivity contribution in [1.82, 2.24) is 4.98 Å². The molecular formula is C14H11N3OS. The van der Waals surface area contributed by atoms with Crippen LogP contribution >= 0.6 is 11.3 Å². The highest BCUT2D eigenvalue weighted by Crippen LogP contribution is 2.23. The molecule has 94 valence electrons. The summed E-state index contributed by atoms with van der Waals surface area (Å²) >= 11 is 1.27. The molecule has 0 aliphatic heterocycles. The lowest BCUT2D eigenvalue weighted by atomic mass is 10.2. The summed E-state index contributed by atoms with van der Waals surface area (Å²) in [6.07, 6.45) is 1.71. The van der Waals surface area contributed by atoms with E-state index in [4.69, 9.17) is 5.73 Å². The van der Waals surface area contributed by atoms with Crippen molar-refractivity contribution in [1.29, 1.82) is 0 Å². The summed E-state index contributed by atoms with van der Waals surface area (Å²) in [5, 5.41) is 4.49. The molecule has 4 nitrogen and oxygen atoms in total. The van der Waals surface area contributed by atoms with Gasteiger partial charge < -0.3 is 11.1 Å². The van der Waals surface area contributed by atoms with Crippen LogP contribution in [0.25, 0.3) is 10.9 Å². The first-order valence-electron chi connectivity index (χ1n) is 5.74. The summed E-state index contributed by atoms with van der Waals surface area (Å²) in [5.74, 6) is -0.167. The molecule has 0 bridgehead atoms. The van der Waals surface area contributed by atoms with Crippen LogP contribution in [0.4, 0.5) is 10.7 Å². The van der Waals surface area contributed by atoms with Crippen LogP contribution in [0.1, 0.15) is 9.67 Å². The van der Waals surface area contributed by atoms with Gasteiger partial charge in [0.1, 0.15) is 0 Å². The second-order valence-electron chi connectivity index (χ2n) is 4.04. The number of benzene rings is 1. The van der Waals surface area contributed by atoms with Gasteiger partial charge in [-0.25, -0.2) is 0 Å². The number of nitrogen functional groups attached to an aromatic ring is 1. The van der Waals surface area contributed by atoms with E-state index in [0.717, 1.165) is 10.9 Å². The standard InChI is InChI=1S/C14H11N3OS/c15-12-7-6-11(19-12)14(18)17-10-5-1-3-9-4-2-8-16-13(9)10/h1-8H,15H2,(H,17,18). The lowest BCUT2D eigenvalue weighted by Crippen LogP contribution is -2.10. The van der Waals surface area contributed by atoms with E-state index in [1.807, 2.05) is 30.3 Å². The SMILES string of the molecule is Nc1ccc(C(=O)Nc2cccc3cccnc23)s1. The average Bonchev–Trinajstić information content (AvgIpc) is 2.86. The van der Waals surface area contributed by atoms with E-state index in [1.165, 1.54) is 11.3 Å². The van der Waals surface area contributed by atoms with E-state index in [2.05, 4.69) is 10.3 Å². The summed E-state index contributed by atoms with van der Waals surface area (Å²) in [4.78, 5) is 17.0. The predicted molar refractivity (Wildman–Crippen MR) is 78.4 cm³/mol. The Balaban J connectivity index is 1.95. The summed E-state index contributed by atoms with van der Waals surface area (Å²) in [7, 11) is 0. The number of carbonyl (C=O) groups excluding carboxylic acids is 1. The number of nitrogens with one attached hydrogen (secondary N) is 1. The summed E-state index contributed by atoms with van der Waals surface area (Å²) in [5.41, 5.74) is 7.11. The fraction of sp³-hybridized carbons (Fsp3) is 0. The van der Waals surface area contributed by atoms with Crippen LogP contribution in [-0.4, -0.2) is 10.9 Å². The van der Waals surface area contributed by atoms with Crippen molar-refractivity contribution >= 4 is 38.8 Å². The molecule has 0 saturated carbocycles. The minimum absolute atomic E-state index is 0.167. The van der Waals surface area contributed by atoms with Crippen LogP contribution < -0.4 is 11.1 Å². The van der Waals surface area contributed by atoms with Crippen LogP contribution in [0, 0.1) is 0 Å². The molecule has 3 aromatic rings. The highest BCUT2D eigenvalue weighted by Gasteiger charge is 2.10. The third-order valence-electron chi connectivity index (χ3n) is 2.73. The lowest BCUT2D eigenvalue weighted by molar-refractivity contribution is 0.103. The van der Waals surface area contributed by atoms with Gasteiger partial charge in [0.2, 0.25) is 0 Å². The lowest BCUT2D eigenvalue weighted by Gasteiger charge is -2.06. The fourth-order valence-corrected chi connectivity index (χ4v) is 2.53. The Morgan fingerprint density at radius 2 is 2.00 bits per heavy atom. The van der Waals surface area contributed by atoms with Gasteiger partial charge in [0.15, 0.2) is 0 Å². The molecule has 19 heavy (non-hydrogen) atoms. The topological polar surface area (TPSA) is 68.0 Å². The van der Waals surface area contributed by atoms with Gasteiger partial charge in [0, 0.05) is 11.6 Å². The van der Waals surface area contributed by atoms with Crippen LogP contribution in [0.2, 0.25) is 0 Å². The van der Waals surface area contributed by atoms with E-state index in [9.17, 15) is 4.79 Å². The first kappa shape index (κ1) is 11.7. The van der Waals surface area contributed by atoms with E-state index in [0.29, 0.717) is 15.6 Å². The molecule has 0 radical (unpaired) electrons. The van der Waals surface area contributed by atoms with Gasteiger partial charge in [-0.3, -0.25) is 9.78 Å². The van der Waals surface area contributed by atoms with Gasteiger partial charge in [0.25, 0.3) is 5.91 Å². The van der Waals surface area contributed by atoms with Crippen molar-refractivity contribution in [2.75, 3.05) is 11.1 Å². The quantitative estimate of drug-likeness (QED) is 0.751. The van der Waals surface area contributed by atoms with Gasteiger partial charge in [-0.1, -0.05) is 18.2 Å². The van der Waals surface area contributed by atoms with Crippen LogP contribution in [0.15, 0.2) is 48.7 Å². The number of anilines is 2. The van der Waals surface area contributed by atoms with Crippen molar-refractivity contribution in [3.8, 4) is 0 Å². The maximum Gasteiger partial charge on any atom is 0.265 e. The van der Waals surface area contributed by atoms with Crippen LogP contribution in [-0.2, 0) is 0 Å². The van der Waals surface area contributed by atoms with Gasteiger partial charge in [-0.05, 0) is 24.3 Å². The molecule has 0 atom stereocenters. The Bertz CT molecular complexity index is 746. The molecule has 5 heteroatoms. The summed E-state index contributed by atoms with van der Waals surface area (Å²) < 4.78 is 0. The Morgan fingerprint density at radius 3 is 2.79 bits per heavy atom. The third-order valence-corrected chi connectivity index (χ3v) is 3.64. The molecule has 3 rings (SSSR count). The number of nitrogens with two attached hydrogens (primary N) is 1. The number of para-hydroxylation sites is 1. The molecule has 2 aromatic heterocycles. The van der Waals surface area contributed by atoms with E-state index in [1.54, 1.807) is 18.3 Å². The summed E-state index contributed by atoms with van der Waals surface area (Å²) in [6.45, 7) is 0. The number of carbonyl (C=O) groups is 1. The summed E-state index contributed by atoms with van der Waals surface area (Å²) in [6, 6.07) is 13.0. The number of hydrogen-bond acceptors (Lipinski definition) is 4. The Morgan fingerprint density at radius 1 is 1.16 bits per heavy atom. The maximum atomic E-state index is 12.1. The first-order valence-corrected chi connectivity index (χ1v) is 6.56. The Kier molecular flexibility index (Phi) is 2.89. The minimum atomic E-state index is -0.167. The second kappa shape index (κ2) is 4.70. The molecule has 0 aliphatic carbocycles. The number of hydrogen-bond donors (Lipinski definition) is 2. The molecule has 3 N–H and O–H groups in total. The van der Waals surface area contributed by atoms with Crippen molar-refractivity contribution in [3.63, 3.8) is 0 Å². The van der Waals surface area contributed by atoms with Crippen molar-refractivity contribution < 1.29 is 4.79 Å². The predicted octanol–water partition coefficient (Wildman–Crippen LogP) is 3.13. The number of rotatable bonds is 2. The Hall–Kier alpha value is -2.40. The second-order valence-corrected chi connectivity index (χ2v) is 5.15. The van der Waals surface area contributed by atoms with Crippen molar-refractivity contribution in [3.05, 3.63) is 53.5 Å². The van der Waals surface area contributed by atoms with Crippen LogP contribution in [0.3, 0.4) is 0 Å². The first-order chi connectivity index (χ1) is 9.24. The number of aromatic nitrogens is 1. The number of thiophene rings is 1. The zero-order valence-corrected chi connectivity index (χ0v) is 10.8. The molecule has 0 fully saturated rings. The molecular weight excluding hydrogens is 258 g/mol. The molecule has 0 aliphatic rings.